The van der Waals surface area contributed by atoms with E-state index in [-0.39, 0.29) is 5.75 Å². The molecule has 0 spiro atoms. The van der Waals surface area contributed by atoms with Crippen LogP contribution in [-0.4, -0.2) is 10.1 Å². The third kappa shape index (κ3) is 1.99. The molecule has 0 radical (unpaired) electrons. The summed E-state index contributed by atoms with van der Waals surface area (Å²) in [5, 5.41) is 9.21. The van der Waals surface area contributed by atoms with Crippen LogP contribution in [0.4, 0.5) is 0 Å². The fraction of sp³-hybridized carbons (Fsp3) is 0.154. The molecule has 15 heavy (non-hydrogen) atoms. The Balaban J connectivity index is 2.53. The minimum absolute atomic E-state index is 0.289. The lowest BCUT2D eigenvalue weighted by Gasteiger charge is -2.06. The number of hydrogen-bond donors (Lipinski definition) is 1. The Morgan fingerprint density at radius 1 is 1.07 bits per heavy atom. The van der Waals surface area contributed by atoms with E-state index in [9.17, 15) is 5.11 Å². The number of pyridine rings is 1. The lowest BCUT2D eigenvalue weighted by Crippen LogP contribution is -1.88. The lowest BCUT2D eigenvalue weighted by atomic mass is 10.0. The van der Waals surface area contributed by atoms with E-state index in [1.165, 1.54) is 0 Å². The fourth-order valence-corrected chi connectivity index (χ4v) is 1.57. The molecule has 0 amide bonds. The Morgan fingerprint density at radius 3 is 2.40 bits per heavy atom. The van der Waals surface area contributed by atoms with E-state index >= 15 is 0 Å². The first-order valence-corrected chi connectivity index (χ1v) is 4.89. The van der Waals surface area contributed by atoms with Gasteiger partial charge in [-0.25, -0.2) is 0 Å². The van der Waals surface area contributed by atoms with Crippen LogP contribution in [0.15, 0.2) is 36.5 Å². The van der Waals surface area contributed by atoms with Crippen molar-refractivity contribution >= 4 is 0 Å². The molecule has 1 aromatic carbocycles. The van der Waals surface area contributed by atoms with Gasteiger partial charge in [-0.3, -0.25) is 4.98 Å². The van der Waals surface area contributed by atoms with Crippen molar-refractivity contribution < 1.29 is 5.11 Å². The van der Waals surface area contributed by atoms with E-state index in [2.05, 4.69) is 11.1 Å². The van der Waals surface area contributed by atoms with Gasteiger partial charge in [0.05, 0.1) is 0 Å². The molecule has 2 rings (SSSR count). The zero-order valence-electron chi connectivity index (χ0n) is 8.86. The summed E-state index contributed by atoms with van der Waals surface area (Å²) in [6, 6.07) is 9.29. The van der Waals surface area contributed by atoms with Crippen molar-refractivity contribution in [2.24, 2.45) is 0 Å². The second kappa shape index (κ2) is 3.73. The Labute approximate surface area is 89.2 Å². The molecule has 0 aliphatic heterocycles. The minimum Gasteiger partial charge on any atom is -0.508 e. The first-order valence-electron chi connectivity index (χ1n) is 4.89. The number of aryl methyl sites for hydroxylation is 2. The van der Waals surface area contributed by atoms with Crippen LogP contribution in [0, 0.1) is 13.8 Å². The molecule has 0 atom stereocenters. The predicted molar refractivity (Wildman–Crippen MR) is 60.8 cm³/mol. The number of aromatic nitrogens is 1. The normalized spacial score (nSPS) is 10.3. The van der Waals surface area contributed by atoms with Crippen molar-refractivity contribution in [1.29, 1.82) is 0 Å². The predicted octanol–water partition coefficient (Wildman–Crippen LogP) is 3.07. The fourth-order valence-electron chi connectivity index (χ4n) is 1.57. The molecule has 0 saturated carbocycles. The standard InChI is InChI=1S/C13H13NO/c1-9-7-13(10(2)14-8-9)11-3-5-12(15)6-4-11/h3-8,15H,1-2H3. The second-order valence-electron chi connectivity index (χ2n) is 3.69. The van der Waals surface area contributed by atoms with Crippen molar-refractivity contribution in [3.63, 3.8) is 0 Å². The molecule has 0 unspecified atom stereocenters. The van der Waals surface area contributed by atoms with Crippen LogP contribution in [-0.2, 0) is 0 Å². The van der Waals surface area contributed by atoms with Gasteiger partial charge in [-0.15, -0.1) is 0 Å². The summed E-state index contributed by atoms with van der Waals surface area (Å²) >= 11 is 0. The molecule has 1 aromatic heterocycles. The van der Waals surface area contributed by atoms with Gasteiger partial charge < -0.3 is 5.11 Å². The van der Waals surface area contributed by atoms with Gasteiger partial charge in [0.2, 0.25) is 0 Å². The Morgan fingerprint density at radius 2 is 1.73 bits per heavy atom. The number of phenolic OH excluding ortho intramolecular Hbond substituents is 1. The molecule has 1 N–H and O–H groups in total. The summed E-state index contributed by atoms with van der Waals surface area (Å²) < 4.78 is 0. The number of phenols is 1. The van der Waals surface area contributed by atoms with Crippen LogP contribution in [0.1, 0.15) is 11.3 Å². The largest absolute Gasteiger partial charge is 0.508 e. The van der Waals surface area contributed by atoms with Gasteiger partial charge in [0.25, 0.3) is 0 Å². The number of nitrogens with zero attached hydrogens (tertiary/aromatic N) is 1. The molecular formula is C13H13NO. The smallest absolute Gasteiger partial charge is 0.115 e. The highest BCUT2D eigenvalue weighted by atomic mass is 16.3. The van der Waals surface area contributed by atoms with Gasteiger partial charge in [0.15, 0.2) is 0 Å². The van der Waals surface area contributed by atoms with Gasteiger partial charge in [-0.1, -0.05) is 12.1 Å². The van der Waals surface area contributed by atoms with Crippen LogP contribution >= 0.6 is 0 Å². The molecule has 2 heteroatoms. The average Bonchev–Trinajstić information content (AvgIpc) is 2.23. The maximum absolute atomic E-state index is 9.21. The summed E-state index contributed by atoms with van der Waals surface area (Å²) in [5.41, 5.74) is 4.35. The summed E-state index contributed by atoms with van der Waals surface area (Å²) in [7, 11) is 0. The summed E-state index contributed by atoms with van der Waals surface area (Å²) in [5.74, 6) is 0.289. The van der Waals surface area contributed by atoms with Crippen LogP contribution in [0.2, 0.25) is 0 Å². The van der Waals surface area contributed by atoms with Gasteiger partial charge in [-0.05, 0) is 43.2 Å². The minimum atomic E-state index is 0.289. The second-order valence-corrected chi connectivity index (χ2v) is 3.69. The summed E-state index contributed by atoms with van der Waals surface area (Å²) in [4.78, 5) is 4.31. The SMILES string of the molecule is Cc1cnc(C)c(-c2ccc(O)cc2)c1. The van der Waals surface area contributed by atoms with Crippen molar-refractivity contribution in [3.8, 4) is 16.9 Å². The van der Waals surface area contributed by atoms with E-state index in [1.54, 1.807) is 12.1 Å². The topological polar surface area (TPSA) is 33.1 Å². The molecule has 76 valence electrons. The van der Waals surface area contributed by atoms with Crippen LogP contribution < -0.4 is 0 Å². The van der Waals surface area contributed by atoms with E-state index in [4.69, 9.17) is 0 Å². The number of benzene rings is 1. The molecule has 1 heterocycles. The number of aromatic hydroxyl groups is 1. The Kier molecular flexibility index (Phi) is 2.42. The highest BCUT2D eigenvalue weighted by molar-refractivity contribution is 5.66. The van der Waals surface area contributed by atoms with Gasteiger partial charge in [0, 0.05) is 17.5 Å². The van der Waals surface area contributed by atoms with Crippen LogP contribution in [0.25, 0.3) is 11.1 Å². The first-order chi connectivity index (χ1) is 7.16. The van der Waals surface area contributed by atoms with Crippen molar-refractivity contribution in [1.82, 2.24) is 4.98 Å². The van der Waals surface area contributed by atoms with Gasteiger partial charge in [-0.2, -0.15) is 0 Å². The molecule has 2 nitrogen and oxygen atoms in total. The zero-order chi connectivity index (χ0) is 10.8. The van der Waals surface area contributed by atoms with Crippen LogP contribution in [0.5, 0.6) is 5.75 Å². The zero-order valence-corrected chi connectivity index (χ0v) is 8.86. The molecule has 2 aromatic rings. The highest BCUT2D eigenvalue weighted by Gasteiger charge is 2.02. The van der Waals surface area contributed by atoms with E-state index < -0.39 is 0 Å². The van der Waals surface area contributed by atoms with Crippen LogP contribution in [0.3, 0.4) is 0 Å². The van der Waals surface area contributed by atoms with Crippen molar-refractivity contribution in [2.75, 3.05) is 0 Å². The maximum Gasteiger partial charge on any atom is 0.115 e. The Bertz CT molecular complexity index is 474. The Hall–Kier alpha value is -1.83. The molecule has 0 bridgehead atoms. The monoisotopic (exact) mass is 199 g/mol. The first kappa shape index (κ1) is 9.71. The summed E-state index contributed by atoms with van der Waals surface area (Å²) in [6.45, 7) is 4.01. The number of rotatable bonds is 1. The maximum atomic E-state index is 9.21. The highest BCUT2D eigenvalue weighted by Crippen LogP contribution is 2.24. The third-order valence-electron chi connectivity index (χ3n) is 2.40. The molecule has 0 aliphatic carbocycles. The van der Waals surface area contributed by atoms with E-state index in [0.29, 0.717) is 0 Å². The van der Waals surface area contributed by atoms with Gasteiger partial charge in [0.1, 0.15) is 5.75 Å². The van der Waals surface area contributed by atoms with E-state index in [0.717, 1.165) is 22.4 Å². The molecule has 0 fully saturated rings. The van der Waals surface area contributed by atoms with Crippen molar-refractivity contribution in [2.45, 2.75) is 13.8 Å². The molecule has 0 saturated heterocycles. The molecule has 0 aliphatic rings. The number of hydrogen-bond acceptors (Lipinski definition) is 2. The third-order valence-corrected chi connectivity index (χ3v) is 2.40. The molecular weight excluding hydrogens is 186 g/mol. The van der Waals surface area contributed by atoms with Crippen molar-refractivity contribution in [3.05, 3.63) is 47.8 Å². The van der Waals surface area contributed by atoms with E-state index in [1.807, 2.05) is 32.2 Å². The average molecular weight is 199 g/mol. The summed E-state index contributed by atoms with van der Waals surface area (Å²) in [6.07, 6.45) is 1.86. The quantitative estimate of drug-likeness (QED) is 0.765. The van der Waals surface area contributed by atoms with Gasteiger partial charge >= 0.3 is 0 Å². The lowest BCUT2D eigenvalue weighted by molar-refractivity contribution is 0.475.